The van der Waals surface area contributed by atoms with Crippen molar-refractivity contribution in [2.24, 2.45) is 0 Å². The van der Waals surface area contributed by atoms with E-state index in [4.69, 9.17) is 10.00 Å². The van der Waals surface area contributed by atoms with Crippen LogP contribution in [0.5, 0.6) is 0 Å². The number of ether oxygens (including phenoxy) is 1. The molecule has 1 unspecified atom stereocenters. The predicted molar refractivity (Wildman–Crippen MR) is 78.1 cm³/mol. The lowest BCUT2D eigenvalue weighted by molar-refractivity contribution is -0.385. The monoisotopic (exact) mass is 290 g/mol. The Kier molecular flexibility index (Phi) is 4.73. The van der Waals surface area contributed by atoms with Crippen molar-refractivity contribution in [1.82, 2.24) is 5.32 Å². The van der Waals surface area contributed by atoms with E-state index in [2.05, 4.69) is 10.6 Å². The maximum absolute atomic E-state index is 10.8. The summed E-state index contributed by atoms with van der Waals surface area (Å²) in [7, 11) is 1.67. The molecule has 0 saturated carbocycles. The molecule has 7 heteroatoms. The van der Waals surface area contributed by atoms with Crippen molar-refractivity contribution in [1.29, 1.82) is 5.26 Å². The number of nitro benzene ring substituents is 1. The van der Waals surface area contributed by atoms with E-state index >= 15 is 0 Å². The molecule has 1 heterocycles. The zero-order valence-electron chi connectivity index (χ0n) is 11.9. The normalized spacial score (nSPS) is 21.0. The number of hydrogen-bond acceptors (Lipinski definition) is 6. The number of benzene rings is 1. The highest BCUT2D eigenvalue weighted by molar-refractivity contribution is 5.58. The highest BCUT2D eigenvalue weighted by atomic mass is 16.6. The minimum absolute atomic E-state index is 0.0603. The van der Waals surface area contributed by atoms with E-state index in [9.17, 15) is 10.1 Å². The third-order valence-corrected chi connectivity index (χ3v) is 3.70. The van der Waals surface area contributed by atoms with Crippen LogP contribution in [0.4, 0.5) is 11.4 Å². The Bertz CT molecular complexity index is 562. The van der Waals surface area contributed by atoms with Gasteiger partial charge in [0.1, 0.15) is 11.6 Å². The highest BCUT2D eigenvalue weighted by Gasteiger charge is 2.33. The van der Waals surface area contributed by atoms with Crippen molar-refractivity contribution in [2.45, 2.75) is 18.4 Å². The second-order valence-electron chi connectivity index (χ2n) is 5.20. The van der Waals surface area contributed by atoms with Crippen molar-refractivity contribution in [3.05, 3.63) is 33.9 Å². The molecule has 1 saturated heterocycles. The first kappa shape index (κ1) is 15.2. The third-order valence-electron chi connectivity index (χ3n) is 3.70. The molecule has 7 nitrogen and oxygen atoms in total. The fraction of sp³-hybridized carbons (Fsp3) is 0.500. The summed E-state index contributed by atoms with van der Waals surface area (Å²) in [6, 6.07) is 6.34. The van der Waals surface area contributed by atoms with Gasteiger partial charge in [-0.05, 0) is 31.5 Å². The molecular weight excluding hydrogens is 272 g/mol. The molecule has 1 fully saturated rings. The van der Waals surface area contributed by atoms with E-state index in [1.807, 2.05) is 6.07 Å². The zero-order chi connectivity index (χ0) is 15.3. The Hall–Kier alpha value is -2.17. The number of nitro groups is 1. The summed E-state index contributed by atoms with van der Waals surface area (Å²) in [6.45, 7) is 2.19. The molecular formula is C14H18N4O3. The van der Waals surface area contributed by atoms with Crippen molar-refractivity contribution in [3.63, 3.8) is 0 Å². The third kappa shape index (κ3) is 3.48. The average Bonchev–Trinajstić information content (AvgIpc) is 2.94. The van der Waals surface area contributed by atoms with E-state index in [0.29, 0.717) is 18.8 Å². The number of hydrogen-bond donors (Lipinski definition) is 2. The van der Waals surface area contributed by atoms with Gasteiger partial charge >= 0.3 is 0 Å². The second kappa shape index (κ2) is 6.52. The molecule has 2 rings (SSSR count). The summed E-state index contributed by atoms with van der Waals surface area (Å²) in [5, 5.41) is 26.5. The first-order valence-electron chi connectivity index (χ1n) is 6.77. The number of anilines is 1. The number of nitrogens with one attached hydrogen (secondary N) is 2. The Labute approximate surface area is 123 Å². The highest BCUT2D eigenvalue weighted by Crippen LogP contribution is 2.24. The van der Waals surface area contributed by atoms with Crippen molar-refractivity contribution in [2.75, 3.05) is 32.1 Å². The Morgan fingerprint density at radius 3 is 3.00 bits per heavy atom. The van der Waals surface area contributed by atoms with E-state index in [1.165, 1.54) is 12.1 Å². The van der Waals surface area contributed by atoms with Gasteiger partial charge in [-0.2, -0.15) is 5.26 Å². The molecule has 1 aromatic carbocycles. The van der Waals surface area contributed by atoms with Gasteiger partial charge in [0.05, 0.1) is 17.1 Å². The maximum Gasteiger partial charge on any atom is 0.287 e. The number of rotatable bonds is 6. The molecule has 1 aliphatic heterocycles. The summed E-state index contributed by atoms with van der Waals surface area (Å²) in [5.74, 6) is 0. The number of nitriles is 1. The van der Waals surface area contributed by atoms with E-state index < -0.39 is 4.92 Å². The van der Waals surface area contributed by atoms with Gasteiger partial charge < -0.3 is 15.4 Å². The van der Waals surface area contributed by atoms with E-state index in [0.717, 1.165) is 19.4 Å². The first-order valence-corrected chi connectivity index (χ1v) is 6.77. The van der Waals surface area contributed by atoms with Gasteiger partial charge in [-0.1, -0.05) is 0 Å². The van der Waals surface area contributed by atoms with Crippen LogP contribution in [0.1, 0.15) is 18.4 Å². The standard InChI is InChI=1S/C14H18N4O3/c1-21-10-14(5-2-6-17-14)9-16-12-3-4-13(18(19)20)11(7-12)8-15/h3-4,7,16-17H,2,5-6,9-10H2,1H3. The lowest BCUT2D eigenvalue weighted by atomic mass is 9.98. The molecule has 21 heavy (non-hydrogen) atoms. The molecule has 0 spiro atoms. The van der Waals surface area contributed by atoms with Crippen molar-refractivity contribution >= 4 is 11.4 Å². The first-order chi connectivity index (χ1) is 10.1. The Morgan fingerprint density at radius 2 is 2.43 bits per heavy atom. The van der Waals surface area contributed by atoms with E-state index in [1.54, 1.807) is 13.2 Å². The van der Waals surface area contributed by atoms with Gasteiger partial charge in [-0.3, -0.25) is 10.1 Å². The fourth-order valence-electron chi connectivity index (χ4n) is 2.64. The maximum atomic E-state index is 10.8. The molecule has 0 aromatic heterocycles. The number of methoxy groups -OCH3 is 1. The fourth-order valence-corrected chi connectivity index (χ4v) is 2.64. The zero-order valence-corrected chi connectivity index (χ0v) is 11.9. The van der Waals surface area contributed by atoms with Gasteiger partial charge in [0.15, 0.2) is 0 Å². The van der Waals surface area contributed by atoms with Gasteiger partial charge in [0.25, 0.3) is 5.69 Å². The number of nitrogens with zero attached hydrogens (tertiary/aromatic N) is 2. The largest absolute Gasteiger partial charge is 0.383 e. The van der Waals surface area contributed by atoms with Crippen LogP contribution in [0.3, 0.4) is 0 Å². The molecule has 2 N–H and O–H groups in total. The van der Waals surface area contributed by atoms with Crippen LogP contribution < -0.4 is 10.6 Å². The molecule has 112 valence electrons. The van der Waals surface area contributed by atoms with Crippen LogP contribution in [0.2, 0.25) is 0 Å². The molecule has 1 aromatic rings. The Balaban J connectivity index is 2.10. The molecule has 1 atom stereocenters. The van der Waals surface area contributed by atoms with Gasteiger partial charge in [-0.25, -0.2) is 0 Å². The lowest BCUT2D eigenvalue weighted by Crippen LogP contribution is -2.49. The van der Waals surface area contributed by atoms with Crippen LogP contribution >= 0.6 is 0 Å². The van der Waals surface area contributed by atoms with Crippen LogP contribution in [0, 0.1) is 21.4 Å². The second-order valence-corrected chi connectivity index (χ2v) is 5.20. The topological polar surface area (TPSA) is 100 Å². The molecule has 0 aliphatic carbocycles. The van der Waals surface area contributed by atoms with Crippen LogP contribution in [0.15, 0.2) is 18.2 Å². The summed E-state index contributed by atoms with van der Waals surface area (Å²) in [6.07, 6.45) is 2.10. The quantitative estimate of drug-likeness (QED) is 0.610. The molecule has 1 aliphatic rings. The molecule has 0 bridgehead atoms. The molecule has 0 radical (unpaired) electrons. The van der Waals surface area contributed by atoms with Crippen LogP contribution in [0.25, 0.3) is 0 Å². The van der Waals surface area contributed by atoms with Crippen molar-refractivity contribution < 1.29 is 9.66 Å². The Morgan fingerprint density at radius 1 is 1.62 bits per heavy atom. The minimum atomic E-state index is -0.548. The van der Waals surface area contributed by atoms with Gasteiger partial charge in [0, 0.05) is 25.4 Å². The predicted octanol–water partition coefficient (Wildman–Crippen LogP) is 1.65. The van der Waals surface area contributed by atoms with Gasteiger partial charge in [-0.15, -0.1) is 0 Å². The summed E-state index contributed by atoms with van der Waals surface area (Å²) >= 11 is 0. The lowest BCUT2D eigenvalue weighted by Gasteiger charge is -2.29. The average molecular weight is 290 g/mol. The van der Waals surface area contributed by atoms with E-state index in [-0.39, 0.29) is 16.8 Å². The van der Waals surface area contributed by atoms with Gasteiger partial charge in [0.2, 0.25) is 0 Å². The summed E-state index contributed by atoms with van der Waals surface area (Å²) in [4.78, 5) is 10.3. The summed E-state index contributed by atoms with van der Waals surface area (Å²) < 4.78 is 5.27. The van der Waals surface area contributed by atoms with Crippen LogP contribution in [-0.4, -0.2) is 37.3 Å². The molecule has 0 amide bonds. The van der Waals surface area contributed by atoms with Crippen molar-refractivity contribution in [3.8, 4) is 6.07 Å². The summed E-state index contributed by atoms with van der Waals surface area (Å²) in [5.41, 5.74) is 0.462. The minimum Gasteiger partial charge on any atom is -0.383 e. The smallest absolute Gasteiger partial charge is 0.287 e. The SMILES string of the molecule is COCC1(CNc2ccc([N+](=O)[O-])c(C#N)c2)CCCN1. The van der Waals surface area contributed by atoms with Crippen LogP contribution in [-0.2, 0) is 4.74 Å².